The van der Waals surface area contributed by atoms with Crippen molar-refractivity contribution in [2.24, 2.45) is 0 Å². The molecule has 0 aliphatic carbocycles. The molecule has 0 saturated carbocycles. The van der Waals surface area contributed by atoms with E-state index in [0.717, 1.165) is 22.2 Å². The average Bonchev–Trinajstić information content (AvgIpc) is 3.11. The summed E-state index contributed by atoms with van der Waals surface area (Å²) in [7, 11) is 1.37. The Labute approximate surface area is 163 Å². The Morgan fingerprint density at radius 3 is 3.07 bits per heavy atom. The molecule has 0 radical (unpaired) electrons. The van der Waals surface area contributed by atoms with Crippen LogP contribution >= 0.6 is 23.5 Å². The molecule has 140 valence electrons. The van der Waals surface area contributed by atoms with Crippen LogP contribution in [0, 0.1) is 0 Å². The van der Waals surface area contributed by atoms with Gasteiger partial charge in [-0.05, 0) is 12.1 Å². The number of benzene rings is 1. The lowest BCUT2D eigenvalue weighted by molar-refractivity contribution is -0.141. The molecule has 27 heavy (non-hydrogen) atoms. The Morgan fingerprint density at radius 1 is 1.37 bits per heavy atom. The zero-order valence-electron chi connectivity index (χ0n) is 14.6. The Kier molecular flexibility index (Phi) is 5.22. The minimum atomic E-state index is -0.321. The smallest absolute Gasteiger partial charge is 0.320 e. The first-order chi connectivity index (χ1) is 13.2. The highest BCUT2D eigenvalue weighted by Crippen LogP contribution is 2.32. The molecule has 0 spiro atoms. The predicted molar refractivity (Wildman–Crippen MR) is 105 cm³/mol. The Hall–Kier alpha value is -2.26. The summed E-state index contributed by atoms with van der Waals surface area (Å²) in [4.78, 5) is 34.6. The van der Waals surface area contributed by atoms with Crippen molar-refractivity contribution in [2.75, 3.05) is 31.7 Å². The summed E-state index contributed by atoms with van der Waals surface area (Å²) in [5.41, 5.74) is 2.09. The number of ether oxygens (including phenoxy) is 1. The highest BCUT2D eigenvalue weighted by Gasteiger charge is 2.29. The summed E-state index contributed by atoms with van der Waals surface area (Å²) in [6.07, 6.45) is 1.49. The lowest BCUT2D eigenvalue weighted by Crippen LogP contribution is -2.45. The molecular formula is C18H17N3O4S2. The minimum absolute atomic E-state index is 0.0305. The molecule has 9 heteroatoms. The maximum atomic E-state index is 12.6. The van der Waals surface area contributed by atoms with Gasteiger partial charge in [0.2, 0.25) is 5.91 Å². The molecule has 2 aromatic heterocycles. The van der Waals surface area contributed by atoms with E-state index in [1.807, 2.05) is 24.3 Å². The predicted octanol–water partition coefficient (Wildman–Crippen LogP) is 2.59. The fraction of sp³-hybridized carbons (Fsp3) is 0.333. The number of furan rings is 1. The number of methoxy groups -OCH3 is 1. The minimum Gasteiger partial charge on any atom is -0.468 e. The van der Waals surface area contributed by atoms with E-state index in [2.05, 4.69) is 9.97 Å². The van der Waals surface area contributed by atoms with Crippen LogP contribution in [0.2, 0.25) is 0 Å². The van der Waals surface area contributed by atoms with Gasteiger partial charge in [-0.2, -0.15) is 0 Å². The number of para-hydroxylation sites is 1. The van der Waals surface area contributed by atoms with Gasteiger partial charge in [0.15, 0.2) is 5.58 Å². The molecule has 1 fully saturated rings. The third kappa shape index (κ3) is 3.61. The molecule has 4 rings (SSSR count). The standard InChI is InChI=1S/C18H17N3O4S2/c1-24-18(23)13-8-21(6-7-26-13)14(22)9-27-17-16-15(19-10-20-17)11-4-2-3-5-12(11)25-16/h2-5,10,13H,6-9H2,1H3/t13-/m0/s1. The number of thioether (sulfide) groups is 2. The summed E-state index contributed by atoms with van der Waals surface area (Å²) in [6, 6.07) is 7.67. The van der Waals surface area contributed by atoms with Gasteiger partial charge in [0.1, 0.15) is 27.7 Å². The number of carbonyl (C=O) groups is 2. The van der Waals surface area contributed by atoms with E-state index >= 15 is 0 Å². The van der Waals surface area contributed by atoms with E-state index in [0.29, 0.717) is 23.7 Å². The van der Waals surface area contributed by atoms with Gasteiger partial charge in [0, 0.05) is 24.2 Å². The summed E-state index contributed by atoms with van der Waals surface area (Å²) in [5.74, 6) is 0.626. The molecule has 3 aromatic rings. The van der Waals surface area contributed by atoms with Gasteiger partial charge in [0.25, 0.3) is 0 Å². The molecule has 0 N–H and O–H groups in total. The number of rotatable bonds is 4. The van der Waals surface area contributed by atoms with Crippen LogP contribution in [0.15, 0.2) is 40.0 Å². The van der Waals surface area contributed by atoms with Gasteiger partial charge in [-0.1, -0.05) is 23.9 Å². The van der Waals surface area contributed by atoms with Crippen molar-refractivity contribution in [3.05, 3.63) is 30.6 Å². The lowest BCUT2D eigenvalue weighted by atomic mass is 10.2. The molecule has 7 nitrogen and oxygen atoms in total. The normalized spacial score (nSPS) is 17.4. The van der Waals surface area contributed by atoms with Crippen LogP contribution in [0.25, 0.3) is 22.1 Å². The van der Waals surface area contributed by atoms with Crippen LogP contribution in [0.1, 0.15) is 0 Å². The second kappa shape index (κ2) is 7.77. The van der Waals surface area contributed by atoms with Crippen LogP contribution in [-0.4, -0.2) is 63.7 Å². The van der Waals surface area contributed by atoms with Crippen LogP contribution in [0.4, 0.5) is 0 Å². The van der Waals surface area contributed by atoms with Crippen LogP contribution < -0.4 is 0 Å². The van der Waals surface area contributed by atoms with Crippen LogP contribution in [0.5, 0.6) is 0 Å². The second-order valence-electron chi connectivity index (χ2n) is 5.97. The fourth-order valence-electron chi connectivity index (χ4n) is 2.98. The first-order valence-corrected chi connectivity index (χ1v) is 10.4. The molecule has 1 amide bonds. The summed E-state index contributed by atoms with van der Waals surface area (Å²) < 4.78 is 10.7. The Balaban J connectivity index is 1.48. The summed E-state index contributed by atoms with van der Waals surface area (Å²) >= 11 is 2.85. The average molecular weight is 403 g/mol. The molecule has 1 atom stereocenters. The Morgan fingerprint density at radius 2 is 2.22 bits per heavy atom. The molecule has 0 unspecified atom stereocenters. The van der Waals surface area contributed by atoms with Gasteiger partial charge >= 0.3 is 5.97 Å². The molecule has 1 saturated heterocycles. The van der Waals surface area contributed by atoms with Crippen molar-refractivity contribution in [3.8, 4) is 0 Å². The van der Waals surface area contributed by atoms with Crippen LogP contribution in [0.3, 0.4) is 0 Å². The molecule has 1 aliphatic heterocycles. The van der Waals surface area contributed by atoms with Crippen molar-refractivity contribution in [2.45, 2.75) is 10.3 Å². The zero-order valence-corrected chi connectivity index (χ0v) is 16.2. The van der Waals surface area contributed by atoms with Crippen molar-refractivity contribution in [1.82, 2.24) is 14.9 Å². The molecule has 1 aromatic carbocycles. The number of esters is 1. The highest BCUT2D eigenvalue weighted by molar-refractivity contribution is 8.00. The number of aromatic nitrogens is 2. The number of hydrogen-bond acceptors (Lipinski definition) is 8. The molecule has 3 heterocycles. The van der Waals surface area contributed by atoms with E-state index in [1.54, 1.807) is 4.90 Å². The van der Waals surface area contributed by atoms with Crippen LogP contribution in [-0.2, 0) is 14.3 Å². The second-order valence-corrected chi connectivity index (χ2v) is 8.24. The SMILES string of the molecule is COC(=O)[C@@H]1CN(C(=O)CSc2ncnc3c2oc2ccccc23)CCS1. The largest absolute Gasteiger partial charge is 0.468 e. The third-order valence-corrected chi connectivity index (χ3v) is 6.46. The van der Waals surface area contributed by atoms with E-state index in [1.165, 1.54) is 37.0 Å². The number of nitrogens with zero attached hydrogens (tertiary/aromatic N) is 3. The number of carbonyl (C=O) groups excluding carboxylic acids is 2. The summed E-state index contributed by atoms with van der Waals surface area (Å²) in [5, 5.41) is 1.25. The van der Waals surface area contributed by atoms with Crippen molar-refractivity contribution < 1.29 is 18.7 Å². The van der Waals surface area contributed by atoms with Crippen molar-refractivity contribution in [3.63, 3.8) is 0 Å². The van der Waals surface area contributed by atoms with Gasteiger partial charge in [-0.3, -0.25) is 9.59 Å². The Bertz CT molecular complexity index is 1010. The molecular weight excluding hydrogens is 386 g/mol. The first-order valence-electron chi connectivity index (χ1n) is 8.39. The third-order valence-electron chi connectivity index (χ3n) is 4.34. The number of hydrogen-bond donors (Lipinski definition) is 0. The van der Waals surface area contributed by atoms with Crippen molar-refractivity contribution in [1.29, 1.82) is 0 Å². The maximum Gasteiger partial charge on any atom is 0.320 e. The highest BCUT2D eigenvalue weighted by atomic mass is 32.2. The van der Waals surface area contributed by atoms with Gasteiger partial charge in [0.05, 0.1) is 12.9 Å². The first kappa shape index (κ1) is 18.1. The lowest BCUT2D eigenvalue weighted by Gasteiger charge is -2.30. The van der Waals surface area contributed by atoms with Gasteiger partial charge < -0.3 is 14.1 Å². The van der Waals surface area contributed by atoms with Crippen molar-refractivity contribution >= 4 is 57.5 Å². The monoisotopic (exact) mass is 403 g/mol. The fourth-order valence-corrected chi connectivity index (χ4v) is 4.94. The van der Waals surface area contributed by atoms with E-state index in [-0.39, 0.29) is 22.9 Å². The maximum absolute atomic E-state index is 12.6. The number of fused-ring (bicyclic) bond motifs is 3. The van der Waals surface area contributed by atoms with Gasteiger partial charge in [-0.25, -0.2) is 9.97 Å². The molecule has 1 aliphatic rings. The number of amides is 1. The summed E-state index contributed by atoms with van der Waals surface area (Å²) in [6.45, 7) is 1.00. The van der Waals surface area contributed by atoms with E-state index in [9.17, 15) is 9.59 Å². The van der Waals surface area contributed by atoms with Gasteiger partial charge in [-0.15, -0.1) is 11.8 Å². The molecule has 0 bridgehead atoms. The zero-order chi connectivity index (χ0) is 18.8. The topological polar surface area (TPSA) is 85.5 Å². The van der Waals surface area contributed by atoms with E-state index < -0.39 is 0 Å². The quantitative estimate of drug-likeness (QED) is 0.373. The van der Waals surface area contributed by atoms with E-state index in [4.69, 9.17) is 9.15 Å².